The summed E-state index contributed by atoms with van der Waals surface area (Å²) in [5, 5.41) is 20.0. The number of carboxylic acid groups (broad SMARTS) is 1. The summed E-state index contributed by atoms with van der Waals surface area (Å²) in [5.74, 6) is -0.159. The Kier molecular flexibility index (Phi) is 5.84. The summed E-state index contributed by atoms with van der Waals surface area (Å²) < 4.78 is 40.7. The Bertz CT molecular complexity index is 1390. The Labute approximate surface area is 202 Å². The topological polar surface area (TPSA) is 122 Å². The predicted octanol–water partition coefficient (Wildman–Crippen LogP) is 3.53. The molecule has 4 atom stereocenters. The molecule has 0 spiro atoms. The van der Waals surface area contributed by atoms with Gasteiger partial charge in [-0.1, -0.05) is 43.0 Å². The second-order valence-corrected chi connectivity index (χ2v) is 10.2. The van der Waals surface area contributed by atoms with Gasteiger partial charge in [-0.3, -0.25) is 0 Å². The monoisotopic (exact) mass is 493 g/mol. The van der Waals surface area contributed by atoms with Gasteiger partial charge in [-0.05, 0) is 36.4 Å². The molecular formula is C26H23NO7S. The minimum Gasteiger partial charge on any atom is -0.489 e. The molecular weight excluding hydrogens is 470 g/mol. The van der Waals surface area contributed by atoms with Crippen molar-refractivity contribution in [2.24, 2.45) is 0 Å². The van der Waals surface area contributed by atoms with Crippen molar-refractivity contribution < 1.29 is 32.9 Å². The molecule has 0 saturated heterocycles. The van der Waals surface area contributed by atoms with Crippen molar-refractivity contribution in [3.63, 3.8) is 0 Å². The van der Waals surface area contributed by atoms with Crippen LogP contribution in [0.3, 0.4) is 0 Å². The predicted molar refractivity (Wildman–Crippen MR) is 128 cm³/mol. The minimum absolute atomic E-state index is 0.0284. The lowest BCUT2D eigenvalue weighted by Gasteiger charge is -2.22. The Morgan fingerprint density at radius 1 is 1.00 bits per heavy atom. The highest BCUT2D eigenvalue weighted by Gasteiger charge is 2.51. The van der Waals surface area contributed by atoms with Crippen LogP contribution in [0.15, 0.2) is 84.3 Å². The second kappa shape index (κ2) is 8.84. The Morgan fingerprint density at radius 2 is 1.69 bits per heavy atom. The molecule has 5 rings (SSSR count). The van der Waals surface area contributed by atoms with Gasteiger partial charge in [0.2, 0.25) is 10.0 Å². The molecule has 1 fully saturated rings. The van der Waals surface area contributed by atoms with E-state index in [1.807, 2.05) is 18.2 Å². The number of benzene rings is 3. The molecule has 8 nitrogen and oxygen atoms in total. The normalized spacial score (nSPS) is 22.7. The molecule has 180 valence electrons. The summed E-state index contributed by atoms with van der Waals surface area (Å²) in [5.41, 5.74) is 0.873. The summed E-state index contributed by atoms with van der Waals surface area (Å²) in [7, 11) is -3.98. The molecule has 3 N–H and O–H groups in total. The van der Waals surface area contributed by atoms with E-state index in [0.29, 0.717) is 28.4 Å². The largest absolute Gasteiger partial charge is 0.489 e. The molecule has 1 aliphatic carbocycles. The van der Waals surface area contributed by atoms with Crippen molar-refractivity contribution in [1.29, 1.82) is 0 Å². The van der Waals surface area contributed by atoms with E-state index in [1.165, 1.54) is 12.1 Å². The first-order valence-electron chi connectivity index (χ1n) is 11.0. The van der Waals surface area contributed by atoms with E-state index in [1.54, 1.807) is 42.5 Å². The van der Waals surface area contributed by atoms with Crippen molar-refractivity contribution in [3.8, 4) is 17.2 Å². The Balaban J connectivity index is 1.38. The number of sulfonamides is 1. The van der Waals surface area contributed by atoms with Crippen LogP contribution in [-0.4, -0.2) is 42.8 Å². The molecule has 1 aliphatic heterocycles. The number of carbonyl (C=O) groups is 1. The molecule has 3 aromatic carbocycles. The number of aliphatic carboxylic acids is 1. The molecule has 9 heteroatoms. The SMILES string of the molecule is C=C(C(=O)O)c1cccc2c1OC1CC(O)C(NS(=O)(=O)c3ccc(Oc4ccccc4)cc3)C21. The fraction of sp³-hybridized carbons (Fsp3) is 0.192. The lowest BCUT2D eigenvalue weighted by molar-refractivity contribution is -0.130. The lowest BCUT2D eigenvalue weighted by Crippen LogP contribution is -2.43. The number of rotatable bonds is 7. The van der Waals surface area contributed by atoms with Gasteiger partial charge in [0, 0.05) is 23.5 Å². The number of nitrogens with one attached hydrogen (secondary N) is 1. The van der Waals surface area contributed by atoms with Gasteiger partial charge in [0.05, 0.1) is 22.6 Å². The van der Waals surface area contributed by atoms with Gasteiger partial charge in [-0.15, -0.1) is 0 Å². The first kappa shape index (κ1) is 23.1. The van der Waals surface area contributed by atoms with E-state index in [9.17, 15) is 23.4 Å². The number of aliphatic hydroxyl groups is 1. The quantitative estimate of drug-likeness (QED) is 0.431. The Hall–Kier alpha value is -3.66. The zero-order valence-electron chi connectivity index (χ0n) is 18.5. The smallest absolute Gasteiger partial charge is 0.335 e. The van der Waals surface area contributed by atoms with Crippen LogP contribution in [0.4, 0.5) is 0 Å². The molecule has 0 amide bonds. The van der Waals surface area contributed by atoms with Gasteiger partial charge < -0.3 is 19.7 Å². The molecule has 1 heterocycles. The van der Waals surface area contributed by atoms with Crippen LogP contribution in [0.5, 0.6) is 17.2 Å². The summed E-state index contributed by atoms with van der Waals surface area (Å²) in [6.45, 7) is 3.61. The van der Waals surface area contributed by atoms with Crippen molar-refractivity contribution in [1.82, 2.24) is 4.72 Å². The fourth-order valence-corrected chi connectivity index (χ4v) is 5.97. The van der Waals surface area contributed by atoms with E-state index in [0.717, 1.165) is 0 Å². The first-order chi connectivity index (χ1) is 16.7. The molecule has 0 radical (unpaired) electrons. The minimum atomic E-state index is -3.98. The van der Waals surface area contributed by atoms with Crippen LogP contribution < -0.4 is 14.2 Å². The Morgan fingerprint density at radius 3 is 2.37 bits per heavy atom. The van der Waals surface area contributed by atoms with Crippen LogP contribution in [0, 0.1) is 0 Å². The summed E-state index contributed by atoms with van der Waals surface area (Å²) >= 11 is 0. The van der Waals surface area contributed by atoms with Crippen LogP contribution >= 0.6 is 0 Å². The summed E-state index contributed by atoms with van der Waals surface area (Å²) in [4.78, 5) is 11.5. The maximum Gasteiger partial charge on any atom is 0.335 e. The average molecular weight is 494 g/mol. The van der Waals surface area contributed by atoms with Crippen LogP contribution in [0.25, 0.3) is 5.57 Å². The maximum atomic E-state index is 13.2. The third kappa shape index (κ3) is 4.29. The van der Waals surface area contributed by atoms with Crippen LogP contribution in [0.2, 0.25) is 0 Å². The lowest BCUT2D eigenvalue weighted by atomic mass is 9.91. The van der Waals surface area contributed by atoms with Gasteiger partial charge in [-0.2, -0.15) is 0 Å². The number of hydrogen-bond acceptors (Lipinski definition) is 6. The number of carboxylic acids is 1. The van der Waals surface area contributed by atoms with Crippen LogP contribution in [0.1, 0.15) is 23.5 Å². The fourth-order valence-electron chi connectivity index (χ4n) is 4.68. The zero-order chi connectivity index (χ0) is 24.7. The average Bonchev–Trinajstić information content (AvgIpc) is 3.34. The molecule has 1 saturated carbocycles. The van der Waals surface area contributed by atoms with Gasteiger partial charge in [0.1, 0.15) is 23.4 Å². The molecule has 3 aromatic rings. The van der Waals surface area contributed by atoms with Gasteiger partial charge in [0.25, 0.3) is 0 Å². The number of fused-ring (bicyclic) bond motifs is 3. The van der Waals surface area contributed by atoms with E-state index in [-0.39, 0.29) is 16.9 Å². The van der Waals surface area contributed by atoms with E-state index >= 15 is 0 Å². The van der Waals surface area contributed by atoms with Gasteiger partial charge in [-0.25, -0.2) is 17.9 Å². The maximum absolute atomic E-state index is 13.2. The molecule has 4 unspecified atom stereocenters. The number of aliphatic hydroxyl groups excluding tert-OH is 1. The van der Waals surface area contributed by atoms with Crippen molar-refractivity contribution in [3.05, 3.63) is 90.5 Å². The third-order valence-electron chi connectivity index (χ3n) is 6.34. The molecule has 0 bridgehead atoms. The van der Waals surface area contributed by atoms with Gasteiger partial charge in [0.15, 0.2) is 0 Å². The highest BCUT2D eigenvalue weighted by atomic mass is 32.2. The second-order valence-electron chi connectivity index (χ2n) is 8.53. The highest BCUT2D eigenvalue weighted by molar-refractivity contribution is 7.89. The molecule has 35 heavy (non-hydrogen) atoms. The van der Waals surface area contributed by atoms with Crippen molar-refractivity contribution >= 4 is 21.6 Å². The summed E-state index contributed by atoms with van der Waals surface area (Å²) in [6, 6.07) is 19.3. The van der Waals surface area contributed by atoms with Crippen LogP contribution in [-0.2, 0) is 14.8 Å². The van der Waals surface area contributed by atoms with E-state index in [2.05, 4.69) is 11.3 Å². The first-order valence-corrected chi connectivity index (χ1v) is 12.5. The zero-order valence-corrected chi connectivity index (χ0v) is 19.3. The third-order valence-corrected chi connectivity index (χ3v) is 7.81. The van der Waals surface area contributed by atoms with E-state index < -0.39 is 40.2 Å². The number of ether oxygens (including phenoxy) is 2. The molecule has 2 aliphatic rings. The summed E-state index contributed by atoms with van der Waals surface area (Å²) in [6.07, 6.45) is -1.26. The number of para-hydroxylation sites is 2. The van der Waals surface area contributed by atoms with Crippen molar-refractivity contribution in [2.75, 3.05) is 0 Å². The van der Waals surface area contributed by atoms with Crippen molar-refractivity contribution in [2.45, 2.75) is 35.5 Å². The standard InChI is InChI=1S/C26H23NO7S/c1-15(26(29)30)19-8-5-9-20-23-22(34-25(19)20)14-21(28)24(23)27-35(31,32)18-12-10-17(11-13-18)33-16-6-3-2-4-7-16/h2-13,21-24,27-28H,1,14H2,(H,29,30). The highest BCUT2D eigenvalue weighted by Crippen LogP contribution is 2.50. The molecule has 0 aromatic heterocycles. The van der Waals surface area contributed by atoms with E-state index in [4.69, 9.17) is 9.47 Å². The number of hydrogen-bond donors (Lipinski definition) is 3. The van der Waals surface area contributed by atoms with Gasteiger partial charge >= 0.3 is 5.97 Å².